The summed E-state index contributed by atoms with van der Waals surface area (Å²) in [6.07, 6.45) is 0.935. The highest BCUT2D eigenvalue weighted by atomic mass is 32.2. The van der Waals surface area contributed by atoms with E-state index in [4.69, 9.17) is 14.2 Å². The SMILES string of the molecule is O=C(NS(=O)(=O)c1ccc(OCC2CCOC(F)C2)c([N+](=O)[O-])c1)c1ccccc1Oc1cccc2[nH]ccc12. The van der Waals surface area contributed by atoms with Gasteiger partial charge in [0.2, 0.25) is 0 Å². The van der Waals surface area contributed by atoms with Gasteiger partial charge in [0, 0.05) is 35.5 Å². The summed E-state index contributed by atoms with van der Waals surface area (Å²) >= 11 is 0. The third-order valence-electron chi connectivity index (χ3n) is 6.39. The van der Waals surface area contributed by atoms with Gasteiger partial charge in [-0.1, -0.05) is 18.2 Å². The van der Waals surface area contributed by atoms with Crippen LogP contribution < -0.4 is 14.2 Å². The number of hydrogen-bond donors (Lipinski definition) is 2. The lowest BCUT2D eigenvalue weighted by Crippen LogP contribution is -2.31. The van der Waals surface area contributed by atoms with E-state index in [1.165, 1.54) is 12.1 Å². The van der Waals surface area contributed by atoms with Crippen LogP contribution in [-0.4, -0.2) is 43.8 Å². The molecule has 2 atom stereocenters. The molecule has 0 aliphatic carbocycles. The van der Waals surface area contributed by atoms with Crippen LogP contribution in [0.1, 0.15) is 23.2 Å². The summed E-state index contributed by atoms with van der Waals surface area (Å²) in [6, 6.07) is 16.3. The van der Waals surface area contributed by atoms with E-state index in [-0.39, 0.29) is 42.6 Å². The van der Waals surface area contributed by atoms with Gasteiger partial charge in [0.05, 0.1) is 28.6 Å². The van der Waals surface area contributed by atoms with E-state index in [0.717, 1.165) is 29.1 Å². The van der Waals surface area contributed by atoms with Crippen molar-refractivity contribution >= 4 is 32.5 Å². The third-order valence-corrected chi connectivity index (χ3v) is 7.72. The Balaban J connectivity index is 1.34. The molecule has 2 unspecified atom stereocenters. The Kier molecular flexibility index (Phi) is 7.67. The second-order valence-electron chi connectivity index (χ2n) is 9.10. The summed E-state index contributed by atoms with van der Waals surface area (Å²) in [7, 11) is -4.52. The van der Waals surface area contributed by atoms with Gasteiger partial charge in [0.25, 0.3) is 15.9 Å². The number of sulfonamides is 1. The zero-order valence-corrected chi connectivity index (χ0v) is 21.7. The Bertz CT molecular complexity index is 1670. The maximum atomic E-state index is 13.5. The summed E-state index contributed by atoms with van der Waals surface area (Å²) in [5.74, 6) is -0.800. The highest BCUT2D eigenvalue weighted by molar-refractivity contribution is 7.90. The van der Waals surface area contributed by atoms with Crippen molar-refractivity contribution in [3.05, 3.63) is 88.6 Å². The van der Waals surface area contributed by atoms with E-state index in [9.17, 15) is 27.7 Å². The molecule has 1 aromatic heterocycles. The topological polar surface area (TPSA) is 150 Å². The molecule has 2 heterocycles. The van der Waals surface area contributed by atoms with Gasteiger partial charge in [-0.05, 0) is 48.9 Å². The molecule has 2 N–H and O–H groups in total. The van der Waals surface area contributed by atoms with Gasteiger partial charge < -0.3 is 19.2 Å². The zero-order valence-electron chi connectivity index (χ0n) is 20.9. The summed E-state index contributed by atoms with van der Waals surface area (Å²) in [4.78, 5) is 26.5. The first kappa shape index (κ1) is 27.1. The molecule has 40 heavy (non-hydrogen) atoms. The van der Waals surface area contributed by atoms with E-state index in [0.29, 0.717) is 12.2 Å². The van der Waals surface area contributed by atoms with E-state index >= 15 is 0 Å². The molecule has 11 nitrogen and oxygen atoms in total. The van der Waals surface area contributed by atoms with Crippen LogP contribution in [0.25, 0.3) is 10.9 Å². The van der Waals surface area contributed by atoms with Crippen molar-refractivity contribution in [2.75, 3.05) is 13.2 Å². The maximum Gasteiger partial charge on any atom is 0.312 e. The van der Waals surface area contributed by atoms with Crippen LogP contribution in [0.15, 0.2) is 77.8 Å². The number of para-hydroxylation sites is 1. The van der Waals surface area contributed by atoms with Gasteiger partial charge in [0.1, 0.15) is 11.5 Å². The molecule has 1 fully saturated rings. The van der Waals surface area contributed by atoms with E-state index in [1.54, 1.807) is 36.5 Å². The molecule has 0 spiro atoms. The molecule has 0 radical (unpaired) electrons. The van der Waals surface area contributed by atoms with Crippen molar-refractivity contribution in [3.63, 3.8) is 0 Å². The lowest BCUT2D eigenvalue weighted by atomic mass is 10.0. The minimum absolute atomic E-state index is 0.000707. The van der Waals surface area contributed by atoms with Crippen LogP contribution in [0.3, 0.4) is 0 Å². The highest BCUT2D eigenvalue weighted by Gasteiger charge is 2.27. The van der Waals surface area contributed by atoms with Crippen LogP contribution in [0.5, 0.6) is 17.2 Å². The molecule has 13 heteroatoms. The number of carbonyl (C=O) groups is 1. The Morgan fingerprint density at radius 3 is 2.70 bits per heavy atom. The predicted molar refractivity (Wildman–Crippen MR) is 142 cm³/mol. The number of H-pyrrole nitrogens is 1. The number of aromatic amines is 1. The number of nitro benzene ring substituents is 1. The first-order chi connectivity index (χ1) is 19.2. The first-order valence-electron chi connectivity index (χ1n) is 12.3. The summed E-state index contributed by atoms with van der Waals surface area (Å²) in [5.41, 5.74) is 0.147. The van der Waals surface area contributed by atoms with Crippen LogP contribution in [0.2, 0.25) is 0 Å². The predicted octanol–water partition coefficient (Wildman–Crippen LogP) is 5.09. The molecule has 4 aromatic rings. The number of rotatable bonds is 9. The highest BCUT2D eigenvalue weighted by Crippen LogP contribution is 2.33. The molecular weight excluding hydrogens is 545 g/mol. The molecule has 1 saturated heterocycles. The molecule has 3 aromatic carbocycles. The lowest BCUT2D eigenvalue weighted by Gasteiger charge is -2.24. The Labute approximate surface area is 228 Å². The Morgan fingerprint density at radius 2 is 1.90 bits per heavy atom. The quantitative estimate of drug-likeness (QED) is 0.209. The van der Waals surface area contributed by atoms with Crippen molar-refractivity contribution in [1.29, 1.82) is 0 Å². The number of halogens is 1. The Hall–Kier alpha value is -4.49. The molecule has 0 bridgehead atoms. The number of nitro groups is 1. The molecule has 208 valence electrons. The molecular formula is C27H24FN3O8S. The zero-order chi connectivity index (χ0) is 28.3. The first-order valence-corrected chi connectivity index (χ1v) is 13.8. The lowest BCUT2D eigenvalue weighted by molar-refractivity contribution is -0.386. The number of amides is 1. The number of alkyl halides is 1. The minimum Gasteiger partial charge on any atom is -0.487 e. The largest absolute Gasteiger partial charge is 0.487 e. The van der Waals surface area contributed by atoms with Crippen molar-refractivity contribution in [2.45, 2.75) is 24.1 Å². The average Bonchev–Trinajstić information content (AvgIpc) is 3.42. The van der Waals surface area contributed by atoms with Crippen molar-refractivity contribution < 1.29 is 36.7 Å². The van der Waals surface area contributed by atoms with Gasteiger partial charge in [-0.15, -0.1) is 0 Å². The number of benzene rings is 3. The molecule has 1 amide bonds. The smallest absolute Gasteiger partial charge is 0.312 e. The fraction of sp³-hybridized carbons (Fsp3) is 0.222. The fourth-order valence-electron chi connectivity index (χ4n) is 4.34. The third kappa shape index (κ3) is 5.90. The average molecular weight is 570 g/mol. The van der Waals surface area contributed by atoms with Gasteiger partial charge >= 0.3 is 5.69 Å². The fourth-order valence-corrected chi connectivity index (χ4v) is 5.33. The number of carbonyl (C=O) groups excluding carboxylic acids is 1. The molecule has 5 rings (SSSR count). The van der Waals surface area contributed by atoms with Crippen LogP contribution >= 0.6 is 0 Å². The van der Waals surface area contributed by atoms with Gasteiger partial charge in [-0.2, -0.15) is 0 Å². The van der Waals surface area contributed by atoms with Gasteiger partial charge in [0.15, 0.2) is 12.1 Å². The van der Waals surface area contributed by atoms with E-state index in [1.807, 2.05) is 10.8 Å². The van der Waals surface area contributed by atoms with Crippen LogP contribution in [0.4, 0.5) is 10.1 Å². The van der Waals surface area contributed by atoms with Crippen molar-refractivity contribution in [1.82, 2.24) is 9.71 Å². The number of hydrogen-bond acceptors (Lipinski definition) is 8. The summed E-state index contributed by atoms with van der Waals surface area (Å²) < 4.78 is 57.9. The van der Waals surface area contributed by atoms with Gasteiger partial charge in [-0.3, -0.25) is 14.9 Å². The van der Waals surface area contributed by atoms with Crippen molar-refractivity contribution in [2.24, 2.45) is 5.92 Å². The summed E-state index contributed by atoms with van der Waals surface area (Å²) in [6.45, 7) is 0.213. The van der Waals surface area contributed by atoms with Crippen LogP contribution in [0, 0.1) is 16.0 Å². The monoisotopic (exact) mass is 569 g/mol. The van der Waals surface area contributed by atoms with Crippen molar-refractivity contribution in [3.8, 4) is 17.2 Å². The molecule has 1 aliphatic rings. The summed E-state index contributed by atoms with van der Waals surface area (Å²) in [5, 5.41) is 12.4. The maximum absolute atomic E-state index is 13.5. The molecule has 1 aliphatic heterocycles. The minimum atomic E-state index is -4.52. The number of nitrogens with zero attached hydrogens (tertiary/aromatic N) is 1. The normalized spacial score (nSPS) is 17.3. The van der Waals surface area contributed by atoms with E-state index < -0.39 is 37.8 Å². The molecule has 0 saturated carbocycles. The standard InChI is InChI=1S/C27H24FN3O8S/c28-26-14-17(11-13-37-26)16-38-25-9-8-18(15-22(25)31(33)34)40(35,36)30-27(32)20-4-1-2-6-24(20)39-23-7-3-5-21-19(23)10-12-29-21/h1-10,12,15,17,26,29H,11,13-14,16H2,(H,30,32). The number of aromatic nitrogens is 1. The number of ether oxygens (including phenoxy) is 3. The second-order valence-corrected chi connectivity index (χ2v) is 10.8. The van der Waals surface area contributed by atoms with Crippen LogP contribution in [-0.2, 0) is 14.8 Å². The van der Waals surface area contributed by atoms with E-state index in [2.05, 4.69) is 4.98 Å². The second kappa shape index (κ2) is 11.3. The van der Waals surface area contributed by atoms with Gasteiger partial charge in [-0.25, -0.2) is 17.5 Å². The Morgan fingerprint density at radius 1 is 1.10 bits per heavy atom. The number of nitrogens with one attached hydrogen (secondary N) is 2. The number of fused-ring (bicyclic) bond motifs is 1.